The van der Waals surface area contributed by atoms with Gasteiger partial charge >= 0.3 is 0 Å². The largest absolute Gasteiger partial charge is 0.452 e. The number of para-hydroxylation sites is 1. The molecule has 0 aromatic heterocycles. The number of hydrogen-bond donors (Lipinski definition) is 2. The van der Waals surface area contributed by atoms with Crippen molar-refractivity contribution >= 4 is 23.0 Å². The number of halogens is 2. The highest BCUT2D eigenvalue weighted by molar-refractivity contribution is 6.33. The summed E-state index contributed by atoms with van der Waals surface area (Å²) in [4.78, 5) is 0. The van der Waals surface area contributed by atoms with E-state index in [1.807, 2.05) is 39.0 Å². The highest BCUT2D eigenvalue weighted by Crippen LogP contribution is 2.40. The van der Waals surface area contributed by atoms with Gasteiger partial charge in [-0.3, -0.25) is 0 Å². The summed E-state index contributed by atoms with van der Waals surface area (Å²) in [7, 11) is 0. The average Bonchev–Trinajstić information content (AvgIpc) is 2.40. The number of nitrogens with two attached hydrogens (primary N) is 2. The minimum absolute atomic E-state index is 0.0862. The highest BCUT2D eigenvalue weighted by atomic mass is 35.5. The summed E-state index contributed by atoms with van der Waals surface area (Å²) in [6.07, 6.45) is 0. The van der Waals surface area contributed by atoms with E-state index in [0.29, 0.717) is 5.75 Å². The second kappa shape index (κ2) is 5.45. The van der Waals surface area contributed by atoms with E-state index in [4.69, 9.17) is 27.8 Å². The SMILES string of the molecule is CC(C)(C)c1ccccc1Oc1c(N)cc(N)c(Cl)c1F. The molecule has 0 aliphatic rings. The van der Waals surface area contributed by atoms with Crippen LogP contribution in [0, 0.1) is 5.82 Å². The molecule has 0 spiro atoms. The maximum atomic E-state index is 14.2. The fraction of sp³-hybridized carbons (Fsp3) is 0.250. The van der Waals surface area contributed by atoms with E-state index in [-0.39, 0.29) is 27.6 Å². The van der Waals surface area contributed by atoms with Crippen molar-refractivity contribution in [3.8, 4) is 11.5 Å². The van der Waals surface area contributed by atoms with Gasteiger partial charge in [-0.05, 0) is 17.5 Å². The van der Waals surface area contributed by atoms with Crippen molar-refractivity contribution in [1.82, 2.24) is 0 Å². The highest BCUT2D eigenvalue weighted by Gasteiger charge is 2.22. The Labute approximate surface area is 128 Å². The van der Waals surface area contributed by atoms with Crippen molar-refractivity contribution < 1.29 is 9.13 Å². The average molecular weight is 309 g/mol. The van der Waals surface area contributed by atoms with Crippen molar-refractivity contribution in [2.75, 3.05) is 11.5 Å². The molecule has 112 valence electrons. The third-order valence-electron chi connectivity index (χ3n) is 3.13. The number of anilines is 2. The zero-order valence-corrected chi connectivity index (χ0v) is 13.0. The number of benzene rings is 2. The van der Waals surface area contributed by atoms with Crippen molar-refractivity contribution in [3.63, 3.8) is 0 Å². The van der Waals surface area contributed by atoms with Crippen LogP contribution in [0.1, 0.15) is 26.3 Å². The van der Waals surface area contributed by atoms with Gasteiger partial charge in [0.05, 0.1) is 11.4 Å². The van der Waals surface area contributed by atoms with Crippen LogP contribution >= 0.6 is 11.6 Å². The molecule has 0 saturated carbocycles. The first-order valence-electron chi connectivity index (χ1n) is 6.52. The molecule has 0 amide bonds. The van der Waals surface area contributed by atoms with Crippen LogP contribution in [0.15, 0.2) is 30.3 Å². The molecule has 4 N–H and O–H groups in total. The van der Waals surface area contributed by atoms with Gasteiger partial charge in [0, 0.05) is 5.56 Å². The van der Waals surface area contributed by atoms with Gasteiger partial charge < -0.3 is 16.2 Å². The fourth-order valence-electron chi connectivity index (χ4n) is 2.04. The van der Waals surface area contributed by atoms with Crippen LogP contribution in [-0.4, -0.2) is 0 Å². The van der Waals surface area contributed by atoms with E-state index in [1.54, 1.807) is 6.07 Å². The topological polar surface area (TPSA) is 61.3 Å². The third kappa shape index (κ3) is 3.05. The molecule has 0 fully saturated rings. The maximum absolute atomic E-state index is 14.2. The minimum Gasteiger partial charge on any atom is -0.452 e. The molecule has 0 unspecified atom stereocenters. The number of rotatable bonds is 2. The maximum Gasteiger partial charge on any atom is 0.188 e. The molecular weight excluding hydrogens is 291 g/mol. The number of nitrogen functional groups attached to an aromatic ring is 2. The van der Waals surface area contributed by atoms with Crippen molar-refractivity contribution in [2.24, 2.45) is 0 Å². The summed E-state index contributed by atoms with van der Waals surface area (Å²) in [6, 6.07) is 8.81. The lowest BCUT2D eigenvalue weighted by atomic mass is 9.86. The van der Waals surface area contributed by atoms with Crippen LogP contribution in [0.25, 0.3) is 0 Å². The van der Waals surface area contributed by atoms with Gasteiger partial charge in [0.1, 0.15) is 10.8 Å². The van der Waals surface area contributed by atoms with Gasteiger partial charge in [0.2, 0.25) is 0 Å². The van der Waals surface area contributed by atoms with Gasteiger partial charge in [0.25, 0.3) is 0 Å². The van der Waals surface area contributed by atoms with Crippen LogP contribution in [0.4, 0.5) is 15.8 Å². The molecule has 3 nitrogen and oxygen atoms in total. The summed E-state index contributed by atoms with van der Waals surface area (Å²) in [5.41, 5.74) is 12.4. The number of hydrogen-bond acceptors (Lipinski definition) is 3. The smallest absolute Gasteiger partial charge is 0.188 e. The second-order valence-electron chi connectivity index (χ2n) is 5.86. The second-order valence-corrected chi connectivity index (χ2v) is 6.24. The lowest BCUT2D eigenvalue weighted by Crippen LogP contribution is -2.12. The van der Waals surface area contributed by atoms with E-state index < -0.39 is 5.82 Å². The lowest BCUT2D eigenvalue weighted by Gasteiger charge is -2.23. The first kappa shape index (κ1) is 15.4. The van der Waals surface area contributed by atoms with Gasteiger partial charge in [-0.1, -0.05) is 50.6 Å². The van der Waals surface area contributed by atoms with E-state index in [2.05, 4.69) is 0 Å². The van der Waals surface area contributed by atoms with Crippen LogP contribution < -0.4 is 16.2 Å². The van der Waals surface area contributed by atoms with Crippen LogP contribution in [0.5, 0.6) is 11.5 Å². The molecule has 0 radical (unpaired) electrons. The van der Waals surface area contributed by atoms with Crippen molar-refractivity contribution in [1.29, 1.82) is 0 Å². The normalized spacial score (nSPS) is 11.5. The predicted molar refractivity (Wildman–Crippen MR) is 85.5 cm³/mol. The van der Waals surface area contributed by atoms with Crippen LogP contribution in [-0.2, 0) is 5.41 Å². The first-order valence-corrected chi connectivity index (χ1v) is 6.90. The van der Waals surface area contributed by atoms with Gasteiger partial charge in [0.15, 0.2) is 11.6 Å². The van der Waals surface area contributed by atoms with Gasteiger partial charge in [-0.15, -0.1) is 0 Å². The monoisotopic (exact) mass is 308 g/mol. The zero-order chi connectivity index (χ0) is 15.8. The Morgan fingerprint density at radius 3 is 2.33 bits per heavy atom. The molecule has 0 bridgehead atoms. The van der Waals surface area contributed by atoms with Gasteiger partial charge in [-0.2, -0.15) is 0 Å². The third-order valence-corrected chi connectivity index (χ3v) is 3.51. The summed E-state index contributed by atoms with van der Waals surface area (Å²) >= 11 is 5.82. The van der Waals surface area contributed by atoms with Crippen LogP contribution in [0.3, 0.4) is 0 Å². The molecule has 0 atom stereocenters. The molecule has 0 saturated heterocycles. The molecule has 21 heavy (non-hydrogen) atoms. The zero-order valence-electron chi connectivity index (χ0n) is 12.2. The number of ether oxygens (including phenoxy) is 1. The minimum atomic E-state index is -0.752. The Morgan fingerprint density at radius 1 is 1.10 bits per heavy atom. The Hall–Kier alpha value is -1.94. The van der Waals surface area contributed by atoms with Crippen molar-refractivity contribution in [2.45, 2.75) is 26.2 Å². The lowest BCUT2D eigenvalue weighted by molar-refractivity contribution is 0.427. The Balaban J connectivity index is 2.52. The molecule has 0 aliphatic carbocycles. The summed E-state index contributed by atoms with van der Waals surface area (Å²) < 4.78 is 19.9. The van der Waals surface area contributed by atoms with Crippen molar-refractivity contribution in [3.05, 3.63) is 46.7 Å². The molecule has 2 aromatic rings. The quantitative estimate of drug-likeness (QED) is 0.788. The molecule has 0 heterocycles. The molecule has 0 aliphatic heterocycles. The van der Waals surface area contributed by atoms with Crippen LogP contribution in [0.2, 0.25) is 5.02 Å². The Bertz CT molecular complexity index is 681. The van der Waals surface area contributed by atoms with E-state index in [9.17, 15) is 4.39 Å². The van der Waals surface area contributed by atoms with E-state index in [1.165, 1.54) is 6.07 Å². The molecular formula is C16H18ClFN2O. The van der Waals surface area contributed by atoms with Gasteiger partial charge in [-0.25, -0.2) is 4.39 Å². The predicted octanol–water partition coefficient (Wildman–Crippen LogP) is 4.73. The molecule has 5 heteroatoms. The summed E-state index contributed by atoms with van der Waals surface area (Å²) in [5.74, 6) is -0.319. The molecule has 2 aromatic carbocycles. The summed E-state index contributed by atoms with van der Waals surface area (Å²) in [5, 5.41) is -0.188. The van der Waals surface area contributed by atoms with E-state index >= 15 is 0 Å². The molecule has 2 rings (SSSR count). The first-order chi connectivity index (χ1) is 9.71. The summed E-state index contributed by atoms with van der Waals surface area (Å²) in [6.45, 7) is 6.14. The fourth-order valence-corrected chi connectivity index (χ4v) is 2.18. The Kier molecular flexibility index (Phi) is 4.01. The Morgan fingerprint density at radius 2 is 1.71 bits per heavy atom. The standard InChI is InChI=1S/C16H18ClFN2O/c1-16(2,3)9-6-4-5-7-12(9)21-15-11(20)8-10(19)13(17)14(15)18/h4-8H,19-20H2,1-3H3. The van der Waals surface area contributed by atoms with E-state index in [0.717, 1.165) is 5.56 Å².